The highest BCUT2D eigenvalue weighted by Gasteiger charge is 2.25. The van der Waals surface area contributed by atoms with E-state index in [4.69, 9.17) is 5.73 Å². The maximum atomic E-state index is 11.5. The number of carbonyl (C=O) groups is 1. The highest BCUT2D eigenvalue weighted by molar-refractivity contribution is 8.08. The summed E-state index contributed by atoms with van der Waals surface area (Å²) in [6.07, 6.45) is 0.799. The first-order valence-corrected chi connectivity index (χ1v) is 8.37. The number of hydrogen-bond acceptors (Lipinski definition) is 7. The van der Waals surface area contributed by atoms with Crippen molar-refractivity contribution in [2.75, 3.05) is 11.3 Å². The van der Waals surface area contributed by atoms with E-state index in [0.717, 1.165) is 11.6 Å². The summed E-state index contributed by atoms with van der Waals surface area (Å²) in [6.45, 7) is 0. The zero-order chi connectivity index (χ0) is 12.6. The molecule has 0 spiro atoms. The number of aromatic nitrogens is 1. The van der Waals surface area contributed by atoms with E-state index in [-0.39, 0.29) is 5.69 Å². The minimum absolute atomic E-state index is 0.197. The predicted octanol–water partition coefficient (Wildman–Crippen LogP) is -0.982. The summed E-state index contributed by atoms with van der Waals surface area (Å²) in [5.41, 5.74) is 4.69. The van der Waals surface area contributed by atoms with Gasteiger partial charge in [0, 0.05) is 11.6 Å². The van der Waals surface area contributed by atoms with Crippen LogP contribution in [0.15, 0.2) is 9.72 Å². The molecule has 0 bridgehead atoms. The number of rotatable bonds is 4. The lowest BCUT2D eigenvalue weighted by atomic mass is 10.5. The number of carbonyl (C=O) groups excluding carboxylic acids is 1. The van der Waals surface area contributed by atoms with Gasteiger partial charge in [-0.05, 0) is 0 Å². The minimum atomic E-state index is -4.02. The third-order valence-corrected chi connectivity index (χ3v) is 6.63. The van der Waals surface area contributed by atoms with Crippen molar-refractivity contribution in [3.05, 3.63) is 11.1 Å². The topological polar surface area (TPSA) is 124 Å². The van der Waals surface area contributed by atoms with Crippen LogP contribution in [0.4, 0.5) is 0 Å². The van der Waals surface area contributed by atoms with Crippen LogP contribution in [0.25, 0.3) is 0 Å². The van der Waals surface area contributed by atoms with Gasteiger partial charge in [-0.2, -0.15) is 0 Å². The van der Waals surface area contributed by atoms with Gasteiger partial charge in [-0.25, -0.2) is 21.8 Å². The summed E-state index contributed by atoms with van der Waals surface area (Å²) >= 11 is 0.661. The fraction of sp³-hybridized carbons (Fsp3) is 0.333. The highest BCUT2D eigenvalue weighted by atomic mass is 32.3. The Hall–Kier alpha value is -1.00. The Kier molecular flexibility index (Phi) is 3.35. The largest absolute Gasteiger partial charge is 0.364 e. The van der Waals surface area contributed by atoms with Crippen molar-refractivity contribution < 1.29 is 21.6 Å². The quantitative estimate of drug-likeness (QED) is 0.757. The number of primary amides is 1. The van der Waals surface area contributed by atoms with Gasteiger partial charge in [0.2, 0.25) is 14.2 Å². The molecule has 0 aromatic carbocycles. The average molecular weight is 284 g/mol. The molecular weight excluding hydrogens is 276 g/mol. The molecule has 1 amide bonds. The fourth-order valence-corrected chi connectivity index (χ4v) is 5.44. The second-order valence-corrected chi connectivity index (χ2v) is 8.55. The van der Waals surface area contributed by atoms with Crippen molar-refractivity contribution in [3.63, 3.8) is 0 Å². The van der Waals surface area contributed by atoms with Crippen molar-refractivity contribution in [1.82, 2.24) is 4.98 Å². The van der Waals surface area contributed by atoms with E-state index in [1.807, 2.05) is 0 Å². The summed E-state index contributed by atoms with van der Waals surface area (Å²) in [5, 5.41) is 0.128. The number of thiazole rings is 1. The van der Waals surface area contributed by atoms with Crippen LogP contribution in [-0.4, -0.2) is 39.1 Å². The minimum Gasteiger partial charge on any atom is -0.364 e. The third kappa shape index (κ3) is 3.25. The van der Waals surface area contributed by atoms with Crippen molar-refractivity contribution in [2.24, 2.45) is 5.73 Å². The smallest absolute Gasteiger partial charge is 0.268 e. The Morgan fingerprint density at radius 2 is 2.00 bits per heavy atom. The van der Waals surface area contributed by atoms with E-state index in [2.05, 4.69) is 4.98 Å². The van der Waals surface area contributed by atoms with Crippen LogP contribution in [0, 0.1) is 0 Å². The first-order valence-electron chi connectivity index (χ1n) is 3.77. The maximum Gasteiger partial charge on any atom is 0.268 e. The van der Waals surface area contributed by atoms with Crippen LogP contribution >= 0.6 is 11.3 Å². The maximum absolute atomic E-state index is 11.5. The van der Waals surface area contributed by atoms with Gasteiger partial charge in [-0.15, -0.1) is 11.3 Å². The molecule has 2 N–H and O–H groups in total. The van der Waals surface area contributed by atoms with Gasteiger partial charge in [0.25, 0.3) is 5.91 Å². The van der Waals surface area contributed by atoms with Gasteiger partial charge < -0.3 is 5.73 Å². The number of nitrogens with two attached hydrogens (primary N) is 1. The monoisotopic (exact) mass is 284 g/mol. The SMILES string of the molecule is CS(=O)(=O)CS(=O)(=O)c1nc(C(N)=O)cs1. The molecule has 0 aliphatic carbocycles. The third-order valence-electron chi connectivity index (χ3n) is 1.37. The van der Waals surface area contributed by atoms with Crippen LogP contribution in [0.5, 0.6) is 0 Å². The molecule has 1 rings (SSSR count). The van der Waals surface area contributed by atoms with Crippen LogP contribution in [-0.2, 0) is 19.7 Å². The van der Waals surface area contributed by atoms with Crippen molar-refractivity contribution in [2.45, 2.75) is 4.34 Å². The highest BCUT2D eigenvalue weighted by Crippen LogP contribution is 2.18. The molecule has 1 aromatic rings. The van der Waals surface area contributed by atoms with E-state index in [1.54, 1.807) is 0 Å². The lowest BCUT2D eigenvalue weighted by Crippen LogP contribution is -2.16. The lowest BCUT2D eigenvalue weighted by molar-refractivity contribution is 0.0996. The molecule has 0 saturated carbocycles. The lowest BCUT2D eigenvalue weighted by Gasteiger charge is -1.97. The van der Waals surface area contributed by atoms with Gasteiger partial charge >= 0.3 is 0 Å². The van der Waals surface area contributed by atoms with Gasteiger partial charge in [0.15, 0.2) is 14.9 Å². The summed E-state index contributed by atoms with van der Waals surface area (Å²) in [5.74, 6) is -0.864. The Morgan fingerprint density at radius 3 is 2.38 bits per heavy atom. The Balaban J connectivity index is 3.14. The number of sulfone groups is 2. The van der Waals surface area contributed by atoms with E-state index < -0.39 is 35.0 Å². The molecule has 10 heteroatoms. The zero-order valence-electron chi connectivity index (χ0n) is 8.08. The Morgan fingerprint density at radius 1 is 1.44 bits per heavy atom. The first-order chi connectivity index (χ1) is 7.12. The number of amides is 1. The summed E-state index contributed by atoms with van der Waals surface area (Å²) < 4.78 is 44.3. The molecule has 0 saturated heterocycles. The molecule has 7 nitrogen and oxygen atoms in total. The average Bonchev–Trinajstić information content (AvgIpc) is 2.46. The summed E-state index contributed by atoms with van der Waals surface area (Å²) in [7, 11) is -7.70. The second kappa shape index (κ2) is 4.11. The van der Waals surface area contributed by atoms with E-state index in [9.17, 15) is 21.6 Å². The summed E-state index contributed by atoms with van der Waals surface area (Å²) in [4.78, 5) is 14.1. The van der Waals surface area contributed by atoms with E-state index in [0.29, 0.717) is 11.3 Å². The molecule has 0 fully saturated rings. The molecule has 0 unspecified atom stereocenters. The normalized spacial score (nSPS) is 12.6. The van der Waals surface area contributed by atoms with Gasteiger partial charge in [-0.1, -0.05) is 0 Å². The van der Waals surface area contributed by atoms with E-state index >= 15 is 0 Å². The van der Waals surface area contributed by atoms with Crippen LogP contribution < -0.4 is 5.73 Å². The standard InChI is InChI=1S/C6H8N2O5S3/c1-15(10,11)3-16(12,13)6-8-4(2-14-6)5(7)9/h2H,3H2,1H3,(H2,7,9). The van der Waals surface area contributed by atoms with Crippen LogP contribution in [0.1, 0.15) is 10.5 Å². The van der Waals surface area contributed by atoms with Crippen molar-refractivity contribution in [1.29, 1.82) is 0 Å². The van der Waals surface area contributed by atoms with Gasteiger partial charge in [-0.3, -0.25) is 4.79 Å². The first kappa shape index (κ1) is 13.1. The van der Waals surface area contributed by atoms with Crippen LogP contribution in [0.3, 0.4) is 0 Å². The molecular formula is C6H8N2O5S3. The summed E-state index contributed by atoms with van der Waals surface area (Å²) in [6, 6.07) is 0. The zero-order valence-corrected chi connectivity index (χ0v) is 10.5. The second-order valence-electron chi connectivity index (χ2n) is 3.02. The Labute approximate surface area is 96.1 Å². The van der Waals surface area contributed by atoms with Gasteiger partial charge in [0.1, 0.15) is 5.69 Å². The molecule has 1 heterocycles. The molecule has 0 aliphatic rings. The Bertz CT molecular complexity index is 612. The molecule has 90 valence electrons. The molecule has 16 heavy (non-hydrogen) atoms. The fourth-order valence-electron chi connectivity index (χ4n) is 0.846. The van der Waals surface area contributed by atoms with E-state index in [1.165, 1.54) is 0 Å². The number of hydrogen-bond donors (Lipinski definition) is 1. The predicted molar refractivity (Wildman–Crippen MR) is 57.5 cm³/mol. The molecule has 0 aliphatic heterocycles. The van der Waals surface area contributed by atoms with Crippen molar-refractivity contribution >= 4 is 36.9 Å². The van der Waals surface area contributed by atoms with Gasteiger partial charge in [0.05, 0.1) is 0 Å². The number of nitrogens with zero attached hydrogens (tertiary/aromatic N) is 1. The molecule has 0 radical (unpaired) electrons. The van der Waals surface area contributed by atoms with Crippen LogP contribution in [0.2, 0.25) is 0 Å². The molecule has 1 aromatic heterocycles. The molecule has 0 atom stereocenters. The van der Waals surface area contributed by atoms with Crippen molar-refractivity contribution in [3.8, 4) is 0 Å².